The van der Waals surface area contributed by atoms with Crippen molar-refractivity contribution in [2.45, 2.75) is 13.0 Å². The molecule has 1 aromatic rings. The van der Waals surface area contributed by atoms with Crippen molar-refractivity contribution in [3.8, 4) is 0 Å². The molecular formula is C13H14N4O5. The number of carbonyl (C=O) groups excluding carboxylic acids is 1. The molecule has 0 saturated carbocycles. The summed E-state index contributed by atoms with van der Waals surface area (Å²) in [5.74, 6) is 0. The Hall–Kier alpha value is -2.97. The minimum Gasteiger partial charge on any atom is -0.310 e. The number of nitrogens with zero attached hydrogens (tertiary/aromatic N) is 4. The molecule has 0 saturated heterocycles. The molecular weight excluding hydrogens is 292 g/mol. The molecule has 0 radical (unpaired) electrons. The fourth-order valence-electron chi connectivity index (χ4n) is 2.47. The highest BCUT2D eigenvalue weighted by molar-refractivity contribution is 5.78. The molecule has 0 spiro atoms. The Balaban J connectivity index is 2.64. The zero-order chi connectivity index (χ0) is 16.6. The summed E-state index contributed by atoms with van der Waals surface area (Å²) in [5.41, 5.74) is 0.177. The van der Waals surface area contributed by atoms with E-state index in [9.17, 15) is 25.0 Å². The van der Waals surface area contributed by atoms with Crippen LogP contribution in [0.15, 0.2) is 35.7 Å². The molecule has 2 amide bonds. The second-order valence-electron chi connectivity index (χ2n) is 4.93. The summed E-state index contributed by atoms with van der Waals surface area (Å²) in [6, 6.07) is 4.12. The van der Waals surface area contributed by atoms with E-state index in [4.69, 9.17) is 0 Å². The number of nitro benzene ring substituents is 1. The van der Waals surface area contributed by atoms with E-state index in [0.29, 0.717) is 5.56 Å². The van der Waals surface area contributed by atoms with Gasteiger partial charge in [-0.15, -0.1) is 0 Å². The van der Waals surface area contributed by atoms with Crippen LogP contribution in [0, 0.1) is 20.2 Å². The SMILES string of the molecule is CC1=C([N+](=O)[O-])C(c2cccc([N+](=O)[O-])c2)N(C)C(=O)N1C. The van der Waals surface area contributed by atoms with Crippen molar-refractivity contribution in [2.75, 3.05) is 14.1 Å². The summed E-state index contributed by atoms with van der Waals surface area (Å²) in [7, 11) is 2.87. The second-order valence-corrected chi connectivity index (χ2v) is 4.93. The average molecular weight is 306 g/mol. The number of rotatable bonds is 3. The normalized spacial score (nSPS) is 18.7. The summed E-state index contributed by atoms with van der Waals surface area (Å²) in [4.78, 5) is 35.7. The van der Waals surface area contributed by atoms with Gasteiger partial charge in [-0.1, -0.05) is 12.1 Å². The third-order valence-electron chi connectivity index (χ3n) is 3.70. The summed E-state index contributed by atoms with van der Waals surface area (Å²) in [6.45, 7) is 1.48. The van der Waals surface area contributed by atoms with Crippen LogP contribution in [0.2, 0.25) is 0 Å². The number of urea groups is 1. The quantitative estimate of drug-likeness (QED) is 0.627. The molecule has 1 aliphatic heterocycles. The molecule has 1 heterocycles. The van der Waals surface area contributed by atoms with Crippen LogP contribution in [0.25, 0.3) is 0 Å². The van der Waals surface area contributed by atoms with Crippen molar-refractivity contribution in [3.05, 3.63) is 61.5 Å². The monoisotopic (exact) mass is 306 g/mol. The van der Waals surface area contributed by atoms with Gasteiger partial charge in [0, 0.05) is 26.2 Å². The van der Waals surface area contributed by atoms with Crippen LogP contribution in [-0.2, 0) is 0 Å². The van der Waals surface area contributed by atoms with Crippen molar-refractivity contribution >= 4 is 11.7 Å². The molecule has 1 atom stereocenters. The molecule has 0 fully saturated rings. The van der Waals surface area contributed by atoms with Crippen LogP contribution in [0.1, 0.15) is 18.5 Å². The predicted molar refractivity (Wildman–Crippen MR) is 76.5 cm³/mol. The highest BCUT2D eigenvalue weighted by Gasteiger charge is 2.42. The Labute approximate surface area is 125 Å². The number of likely N-dealkylation sites (N-methyl/N-ethyl adjacent to an activating group) is 1. The van der Waals surface area contributed by atoms with Crippen molar-refractivity contribution in [1.82, 2.24) is 9.80 Å². The lowest BCUT2D eigenvalue weighted by Gasteiger charge is -2.35. The van der Waals surface area contributed by atoms with Crippen molar-refractivity contribution < 1.29 is 14.6 Å². The third-order valence-corrected chi connectivity index (χ3v) is 3.70. The molecule has 1 aromatic carbocycles. The Bertz CT molecular complexity index is 699. The van der Waals surface area contributed by atoms with Crippen molar-refractivity contribution in [3.63, 3.8) is 0 Å². The van der Waals surface area contributed by atoms with Crippen LogP contribution in [0.5, 0.6) is 0 Å². The zero-order valence-corrected chi connectivity index (χ0v) is 12.2. The van der Waals surface area contributed by atoms with Gasteiger partial charge in [0.15, 0.2) is 6.04 Å². The van der Waals surface area contributed by atoms with E-state index in [1.807, 2.05) is 0 Å². The summed E-state index contributed by atoms with van der Waals surface area (Å²) in [6.07, 6.45) is 0. The molecule has 0 N–H and O–H groups in total. The lowest BCUT2D eigenvalue weighted by molar-refractivity contribution is -0.436. The number of hydrogen-bond donors (Lipinski definition) is 0. The van der Waals surface area contributed by atoms with Crippen LogP contribution in [-0.4, -0.2) is 39.8 Å². The summed E-state index contributed by atoms with van der Waals surface area (Å²) < 4.78 is 0. The smallest absolute Gasteiger partial charge is 0.310 e. The van der Waals surface area contributed by atoms with E-state index in [-0.39, 0.29) is 17.1 Å². The van der Waals surface area contributed by atoms with Gasteiger partial charge in [0.2, 0.25) is 0 Å². The summed E-state index contributed by atoms with van der Waals surface area (Å²) >= 11 is 0. The van der Waals surface area contributed by atoms with Gasteiger partial charge in [-0.2, -0.15) is 0 Å². The van der Waals surface area contributed by atoms with Crippen LogP contribution < -0.4 is 0 Å². The average Bonchev–Trinajstić information content (AvgIpc) is 2.48. The van der Waals surface area contributed by atoms with Crippen LogP contribution in [0.4, 0.5) is 10.5 Å². The van der Waals surface area contributed by atoms with E-state index in [1.54, 1.807) is 0 Å². The van der Waals surface area contributed by atoms with Gasteiger partial charge in [-0.25, -0.2) is 4.79 Å². The third kappa shape index (κ3) is 2.36. The molecule has 2 rings (SSSR count). The van der Waals surface area contributed by atoms with Gasteiger partial charge in [-0.3, -0.25) is 25.1 Å². The van der Waals surface area contributed by atoms with Gasteiger partial charge in [-0.05, 0) is 12.5 Å². The zero-order valence-electron chi connectivity index (χ0n) is 12.2. The fraction of sp³-hybridized carbons (Fsp3) is 0.308. The maximum Gasteiger partial charge on any atom is 0.324 e. The lowest BCUT2D eigenvalue weighted by atomic mass is 9.99. The standard InChI is InChI=1S/C13H14N4O5/c1-8-11(17(21)22)12(15(3)13(18)14(8)2)9-5-4-6-10(7-9)16(19)20/h4-7,12H,1-3H3. The van der Waals surface area contributed by atoms with Gasteiger partial charge in [0.25, 0.3) is 11.4 Å². The van der Waals surface area contributed by atoms with Crippen molar-refractivity contribution in [1.29, 1.82) is 0 Å². The van der Waals surface area contributed by atoms with E-state index < -0.39 is 21.9 Å². The maximum absolute atomic E-state index is 12.2. The molecule has 1 unspecified atom stereocenters. The van der Waals surface area contributed by atoms with Gasteiger partial charge in [0.1, 0.15) is 0 Å². The molecule has 0 aromatic heterocycles. The Morgan fingerprint density at radius 3 is 2.32 bits per heavy atom. The Morgan fingerprint density at radius 2 is 1.77 bits per heavy atom. The number of non-ortho nitro benzene ring substituents is 1. The maximum atomic E-state index is 12.2. The highest BCUT2D eigenvalue weighted by atomic mass is 16.6. The second kappa shape index (κ2) is 5.43. The van der Waals surface area contributed by atoms with Gasteiger partial charge in [0.05, 0.1) is 15.5 Å². The number of hydrogen-bond acceptors (Lipinski definition) is 5. The first-order valence-electron chi connectivity index (χ1n) is 6.35. The van der Waals surface area contributed by atoms with E-state index in [2.05, 4.69) is 0 Å². The first-order chi connectivity index (χ1) is 10.3. The van der Waals surface area contributed by atoms with E-state index in [1.165, 1.54) is 55.1 Å². The number of allylic oxidation sites excluding steroid dienone is 1. The fourth-order valence-corrected chi connectivity index (χ4v) is 2.47. The Kier molecular flexibility index (Phi) is 3.81. The van der Waals surface area contributed by atoms with Gasteiger partial charge < -0.3 is 4.90 Å². The number of amides is 2. The number of benzene rings is 1. The molecule has 116 valence electrons. The largest absolute Gasteiger partial charge is 0.324 e. The first-order valence-corrected chi connectivity index (χ1v) is 6.35. The predicted octanol–water partition coefficient (Wildman–Crippen LogP) is 2.14. The highest BCUT2D eigenvalue weighted by Crippen LogP contribution is 2.36. The molecule has 0 bridgehead atoms. The first kappa shape index (κ1) is 15.4. The molecule has 0 aliphatic carbocycles. The van der Waals surface area contributed by atoms with E-state index in [0.717, 1.165) is 0 Å². The lowest BCUT2D eigenvalue weighted by Crippen LogP contribution is -2.47. The molecule has 1 aliphatic rings. The van der Waals surface area contributed by atoms with Crippen LogP contribution >= 0.6 is 0 Å². The minimum absolute atomic E-state index is 0.176. The van der Waals surface area contributed by atoms with Crippen LogP contribution in [0.3, 0.4) is 0 Å². The number of carbonyl (C=O) groups is 1. The Morgan fingerprint density at radius 1 is 1.14 bits per heavy atom. The van der Waals surface area contributed by atoms with Gasteiger partial charge >= 0.3 is 6.03 Å². The molecule has 9 nitrogen and oxygen atoms in total. The van der Waals surface area contributed by atoms with E-state index >= 15 is 0 Å². The summed E-state index contributed by atoms with van der Waals surface area (Å²) in [5, 5.41) is 22.3. The molecule has 22 heavy (non-hydrogen) atoms. The minimum atomic E-state index is -0.974. The topological polar surface area (TPSA) is 110 Å². The van der Waals surface area contributed by atoms with Crippen molar-refractivity contribution in [2.24, 2.45) is 0 Å². The number of nitro groups is 2. The molecule has 9 heteroatoms.